The van der Waals surface area contributed by atoms with Crippen LogP contribution < -0.4 is 15.8 Å². The van der Waals surface area contributed by atoms with Gasteiger partial charge in [0.1, 0.15) is 11.6 Å². The summed E-state index contributed by atoms with van der Waals surface area (Å²) in [6, 6.07) is 3.87. The maximum atomic E-state index is 12.4. The Morgan fingerprint density at radius 2 is 2.17 bits per heavy atom. The van der Waals surface area contributed by atoms with E-state index in [1.807, 2.05) is 29.3 Å². The Hall–Kier alpha value is -1.51. The highest BCUT2D eigenvalue weighted by atomic mass is 35.5. The highest BCUT2D eigenvalue weighted by Gasteiger charge is 2.18. The molecule has 0 radical (unpaired) electrons. The lowest BCUT2D eigenvalue weighted by Crippen LogP contribution is -2.37. The first-order valence-electron chi connectivity index (χ1n) is 7.52. The number of aromatic nitrogens is 2. The molecular formula is C15H17ClN4O2S2. The summed E-state index contributed by atoms with van der Waals surface area (Å²) in [5.74, 6) is 1.74. The lowest BCUT2D eigenvalue weighted by atomic mass is 10.3. The van der Waals surface area contributed by atoms with Gasteiger partial charge in [-0.05, 0) is 11.4 Å². The number of hydrogen-bond donors (Lipinski definition) is 1. The first-order valence-corrected chi connectivity index (χ1v) is 9.94. The number of halogens is 1. The van der Waals surface area contributed by atoms with Crippen molar-refractivity contribution in [1.82, 2.24) is 15.1 Å². The molecular weight excluding hydrogens is 368 g/mol. The third kappa shape index (κ3) is 4.12. The summed E-state index contributed by atoms with van der Waals surface area (Å²) in [5, 5.41) is 8.96. The second-order valence-electron chi connectivity index (χ2n) is 5.26. The Morgan fingerprint density at radius 3 is 2.88 bits per heavy atom. The van der Waals surface area contributed by atoms with Crippen molar-refractivity contribution in [2.75, 3.05) is 29.5 Å². The fraction of sp³-hybridized carbons (Fsp3) is 0.400. The molecule has 0 atom stereocenters. The number of amides is 1. The number of thioether (sulfide) groups is 1. The second kappa shape index (κ2) is 8.04. The highest BCUT2D eigenvalue weighted by Crippen LogP contribution is 2.23. The van der Waals surface area contributed by atoms with Gasteiger partial charge < -0.3 is 10.2 Å². The predicted molar refractivity (Wildman–Crippen MR) is 99.2 cm³/mol. The van der Waals surface area contributed by atoms with Crippen LogP contribution in [-0.2, 0) is 17.9 Å². The van der Waals surface area contributed by atoms with E-state index in [0.717, 1.165) is 34.2 Å². The molecule has 6 nitrogen and oxygen atoms in total. The number of nitrogens with zero attached hydrogens (tertiary/aromatic N) is 3. The Morgan fingerprint density at radius 1 is 1.38 bits per heavy atom. The monoisotopic (exact) mass is 384 g/mol. The van der Waals surface area contributed by atoms with Gasteiger partial charge in [0.15, 0.2) is 0 Å². The van der Waals surface area contributed by atoms with E-state index in [-0.39, 0.29) is 17.5 Å². The van der Waals surface area contributed by atoms with Gasteiger partial charge in [-0.3, -0.25) is 9.59 Å². The second-order valence-corrected chi connectivity index (χ2v) is 7.90. The normalized spacial score (nSPS) is 14.6. The lowest BCUT2D eigenvalue weighted by Gasteiger charge is -2.28. The summed E-state index contributed by atoms with van der Waals surface area (Å²) < 4.78 is 1.11. The number of hydrogen-bond acceptors (Lipinski definition) is 6. The molecule has 1 N–H and O–H groups in total. The fourth-order valence-electron chi connectivity index (χ4n) is 2.38. The zero-order valence-corrected chi connectivity index (χ0v) is 15.3. The SMILES string of the molecule is O=C(Cn1ncc(N2CCSCC2)c(Cl)c1=O)NCc1cccs1. The van der Waals surface area contributed by atoms with Crippen molar-refractivity contribution in [3.8, 4) is 0 Å². The van der Waals surface area contributed by atoms with E-state index in [2.05, 4.69) is 15.3 Å². The minimum absolute atomic E-state index is 0.128. The minimum atomic E-state index is -0.432. The molecule has 2 aromatic rings. The zero-order chi connectivity index (χ0) is 16.9. The molecule has 1 amide bonds. The molecule has 1 aliphatic heterocycles. The van der Waals surface area contributed by atoms with E-state index in [9.17, 15) is 9.59 Å². The number of nitrogens with one attached hydrogen (secondary N) is 1. The smallest absolute Gasteiger partial charge is 0.288 e. The van der Waals surface area contributed by atoms with Gasteiger partial charge in [0.25, 0.3) is 5.56 Å². The molecule has 24 heavy (non-hydrogen) atoms. The van der Waals surface area contributed by atoms with Crippen molar-refractivity contribution in [3.05, 3.63) is 44.0 Å². The van der Waals surface area contributed by atoms with E-state index in [1.165, 1.54) is 0 Å². The quantitative estimate of drug-likeness (QED) is 0.851. The first-order chi connectivity index (χ1) is 11.6. The molecule has 0 spiro atoms. The summed E-state index contributed by atoms with van der Waals surface area (Å²) in [6.07, 6.45) is 1.58. The van der Waals surface area contributed by atoms with Crippen LogP contribution in [-0.4, -0.2) is 40.3 Å². The van der Waals surface area contributed by atoms with Crippen molar-refractivity contribution >= 4 is 46.3 Å². The third-order valence-electron chi connectivity index (χ3n) is 3.65. The topological polar surface area (TPSA) is 67.2 Å². The van der Waals surface area contributed by atoms with Crippen LogP contribution in [0.25, 0.3) is 0 Å². The highest BCUT2D eigenvalue weighted by molar-refractivity contribution is 7.99. The van der Waals surface area contributed by atoms with Crippen LogP contribution in [0, 0.1) is 0 Å². The average molecular weight is 385 g/mol. The Kier molecular flexibility index (Phi) is 5.80. The lowest BCUT2D eigenvalue weighted by molar-refractivity contribution is -0.122. The molecule has 1 fully saturated rings. The van der Waals surface area contributed by atoms with Crippen molar-refractivity contribution < 1.29 is 4.79 Å². The molecule has 1 aliphatic rings. The van der Waals surface area contributed by atoms with Gasteiger partial charge in [-0.15, -0.1) is 11.3 Å². The molecule has 128 valence electrons. The van der Waals surface area contributed by atoms with Crippen molar-refractivity contribution in [2.24, 2.45) is 0 Å². The Balaban J connectivity index is 1.66. The van der Waals surface area contributed by atoms with E-state index >= 15 is 0 Å². The number of rotatable bonds is 5. The summed E-state index contributed by atoms with van der Waals surface area (Å²) in [6.45, 7) is 2.00. The third-order valence-corrected chi connectivity index (χ3v) is 5.83. The summed E-state index contributed by atoms with van der Waals surface area (Å²) in [5.41, 5.74) is 0.218. The van der Waals surface area contributed by atoms with Gasteiger partial charge in [-0.1, -0.05) is 17.7 Å². The van der Waals surface area contributed by atoms with Crippen LogP contribution in [0.1, 0.15) is 4.88 Å². The number of carbonyl (C=O) groups excluding carboxylic acids is 1. The number of anilines is 1. The maximum absolute atomic E-state index is 12.4. The number of carbonyl (C=O) groups is 1. The molecule has 0 saturated carbocycles. The van der Waals surface area contributed by atoms with Crippen LogP contribution in [0.2, 0.25) is 5.02 Å². The van der Waals surface area contributed by atoms with Gasteiger partial charge in [0.05, 0.1) is 18.4 Å². The van der Waals surface area contributed by atoms with Gasteiger partial charge in [-0.25, -0.2) is 4.68 Å². The van der Waals surface area contributed by atoms with Gasteiger partial charge in [0.2, 0.25) is 5.91 Å². The standard InChI is InChI=1S/C15H17ClN4O2S2/c16-14-12(19-3-6-23-7-4-19)9-18-20(15(14)22)10-13(21)17-8-11-2-1-5-24-11/h1-2,5,9H,3-4,6-8,10H2,(H,17,21). The molecule has 1 saturated heterocycles. The molecule has 3 rings (SSSR count). The Bertz CT molecular complexity index is 757. The maximum Gasteiger partial charge on any atom is 0.288 e. The fourth-order valence-corrected chi connectivity index (χ4v) is 4.20. The van der Waals surface area contributed by atoms with Crippen LogP contribution >= 0.6 is 34.7 Å². The average Bonchev–Trinajstić information content (AvgIpc) is 3.12. The molecule has 0 aromatic carbocycles. The first kappa shape index (κ1) is 17.3. The zero-order valence-electron chi connectivity index (χ0n) is 12.9. The van der Waals surface area contributed by atoms with E-state index < -0.39 is 5.56 Å². The molecule has 0 bridgehead atoms. The van der Waals surface area contributed by atoms with Crippen LogP contribution in [0.15, 0.2) is 28.5 Å². The van der Waals surface area contributed by atoms with Crippen LogP contribution in [0.4, 0.5) is 5.69 Å². The molecule has 3 heterocycles. The summed E-state index contributed by atoms with van der Waals surface area (Å²) in [4.78, 5) is 27.5. The van der Waals surface area contributed by atoms with E-state index in [1.54, 1.807) is 17.5 Å². The molecule has 0 unspecified atom stereocenters. The molecule has 2 aromatic heterocycles. The van der Waals surface area contributed by atoms with Crippen molar-refractivity contribution in [1.29, 1.82) is 0 Å². The predicted octanol–water partition coefficient (Wildman–Crippen LogP) is 1.83. The van der Waals surface area contributed by atoms with Crippen molar-refractivity contribution in [2.45, 2.75) is 13.1 Å². The Labute approximate surface area is 152 Å². The van der Waals surface area contributed by atoms with Gasteiger partial charge in [-0.2, -0.15) is 16.9 Å². The largest absolute Gasteiger partial charge is 0.367 e. The number of thiophene rings is 1. The minimum Gasteiger partial charge on any atom is -0.367 e. The van der Waals surface area contributed by atoms with Gasteiger partial charge >= 0.3 is 0 Å². The van der Waals surface area contributed by atoms with Crippen LogP contribution in [0.3, 0.4) is 0 Å². The summed E-state index contributed by atoms with van der Waals surface area (Å²) in [7, 11) is 0. The van der Waals surface area contributed by atoms with Crippen LogP contribution in [0.5, 0.6) is 0 Å². The molecule has 0 aliphatic carbocycles. The molecule has 9 heteroatoms. The van der Waals surface area contributed by atoms with E-state index in [0.29, 0.717) is 12.2 Å². The summed E-state index contributed by atoms with van der Waals surface area (Å²) >= 11 is 9.67. The van der Waals surface area contributed by atoms with E-state index in [4.69, 9.17) is 11.6 Å². The van der Waals surface area contributed by atoms with Gasteiger partial charge in [0, 0.05) is 29.5 Å². The van der Waals surface area contributed by atoms with Crippen molar-refractivity contribution in [3.63, 3.8) is 0 Å².